The van der Waals surface area contributed by atoms with Crippen molar-refractivity contribution in [2.45, 2.75) is 45.1 Å². The highest BCUT2D eigenvalue weighted by Gasteiger charge is 2.29. The molecule has 1 aliphatic rings. The standard InChI is InChI=1S/C19H25ClN4O2.ClH/c1-19(2,23-17(25)14-6-3-7-15(20)12-14)18-22-16(26-24-18)11-13-5-4-9-21-10-8-13;/h3,6-7,12-13,21H,4-5,8-11H2,1-2H3,(H,23,25);1H. The third kappa shape index (κ3) is 5.92. The van der Waals surface area contributed by atoms with Crippen LogP contribution in [0.25, 0.3) is 0 Å². The second-order valence-corrected chi connectivity index (χ2v) is 7.79. The molecule has 148 valence electrons. The van der Waals surface area contributed by atoms with Crippen LogP contribution in [0.15, 0.2) is 28.8 Å². The average Bonchev–Trinajstić information content (AvgIpc) is 2.92. The molecule has 0 bridgehead atoms. The number of benzene rings is 1. The van der Waals surface area contributed by atoms with Gasteiger partial charge in [-0.05, 0) is 70.3 Å². The van der Waals surface area contributed by atoms with E-state index < -0.39 is 5.54 Å². The molecule has 1 aromatic carbocycles. The van der Waals surface area contributed by atoms with Crippen molar-refractivity contribution in [3.05, 3.63) is 46.6 Å². The Kier molecular flexibility index (Phi) is 7.65. The van der Waals surface area contributed by atoms with Crippen molar-refractivity contribution in [2.24, 2.45) is 5.92 Å². The molecule has 1 saturated heterocycles. The molecule has 0 aliphatic carbocycles. The summed E-state index contributed by atoms with van der Waals surface area (Å²) in [5.74, 6) is 1.45. The number of nitrogens with zero attached hydrogens (tertiary/aromatic N) is 2. The van der Waals surface area contributed by atoms with Crippen LogP contribution < -0.4 is 10.6 Å². The molecule has 1 aromatic heterocycles. The minimum atomic E-state index is -0.744. The number of hydrogen-bond acceptors (Lipinski definition) is 5. The number of aromatic nitrogens is 2. The second kappa shape index (κ2) is 9.53. The molecule has 3 rings (SSSR count). The molecule has 1 amide bonds. The van der Waals surface area contributed by atoms with Crippen LogP contribution in [0.4, 0.5) is 0 Å². The molecule has 0 radical (unpaired) electrons. The Balaban J connectivity index is 0.00000261. The normalized spacial score (nSPS) is 17.7. The first-order valence-electron chi connectivity index (χ1n) is 9.06. The van der Waals surface area contributed by atoms with Gasteiger partial charge in [-0.25, -0.2) is 0 Å². The summed E-state index contributed by atoms with van der Waals surface area (Å²) in [6.45, 7) is 5.83. The Morgan fingerprint density at radius 1 is 1.37 bits per heavy atom. The highest BCUT2D eigenvalue weighted by Crippen LogP contribution is 2.22. The van der Waals surface area contributed by atoms with Crippen molar-refractivity contribution in [1.82, 2.24) is 20.8 Å². The number of nitrogens with one attached hydrogen (secondary N) is 2. The zero-order chi connectivity index (χ0) is 18.6. The predicted molar refractivity (Wildman–Crippen MR) is 107 cm³/mol. The lowest BCUT2D eigenvalue weighted by molar-refractivity contribution is 0.0907. The zero-order valence-electron chi connectivity index (χ0n) is 15.6. The topological polar surface area (TPSA) is 80.0 Å². The quantitative estimate of drug-likeness (QED) is 0.781. The summed E-state index contributed by atoms with van der Waals surface area (Å²) in [5, 5.41) is 11.0. The molecule has 2 N–H and O–H groups in total. The first-order valence-corrected chi connectivity index (χ1v) is 9.44. The van der Waals surface area contributed by atoms with E-state index in [0.29, 0.717) is 28.2 Å². The van der Waals surface area contributed by atoms with Crippen LogP contribution in [0.3, 0.4) is 0 Å². The highest BCUT2D eigenvalue weighted by molar-refractivity contribution is 6.30. The third-order valence-electron chi connectivity index (χ3n) is 4.70. The lowest BCUT2D eigenvalue weighted by Gasteiger charge is -2.22. The summed E-state index contributed by atoms with van der Waals surface area (Å²) >= 11 is 5.96. The van der Waals surface area contributed by atoms with Crippen LogP contribution in [0.2, 0.25) is 5.02 Å². The second-order valence-electron chi connectivity index (χ2n) is 7.35. The minimum absolute atomic E-state index is 0. The molecule has 2 aromatic rings. The van der Waals surface area contributed by atoms with Crippen molar-refractivity contribution in [1.29, 1.82) is 0 Å². The average molecular weight is 413 g/mol. The molecule has 27 heavy (non-hydrogen) atoms. The van der Waals surface area contributed by atoms with Crippen molar-refractivity contribution >= 4 is 29.9 Å². The van der Waals surface area contributed by atoms with E-state index in [1.807, 2.05) is 13.8 Å². The van der Waals surface area contributed by atoms with Crippen molar-refractivity contribution in [2.75, 3.05) is 13.1 Å². The molecule has 8 heteroatoms. The molecule has 1 fully saturated rings. The van der Waals surface area contributed by atoms with Crippen molar-refractivity contribution < 1.29 is 9.32 Å². The van der Waals surface area contributed by atoms with Gasteiger partial charge >= 0.3 is 0 Å². The monoisotopic (exact) mass is 412 g/mol. The Hall–Kier alpha value is -1.63. The van der Waals surface area contributed by atoms with Gasteiger partial charge in [-0.15, -0.1) is 12.4 Å². The fraction of sp³-hybridized carbons (Fsp3) is 0.526. The SMILES string of the molecule is CC(C)(NC(=O)c1cccc(Cl)c1)c1noc(CC2CCCNCC2)n1.Cl. The number of carbonyl (C=O) groups is 1. The van der Waals surface area contributed by atoms with Gasteiger partial charge < -0.3 is 15.2 Å². The molecule has 0 saturated carbocycles. The van der Waals surface area contributed by atoms with Crippen LogP contribution in [0.1, 0.15) is 55.2 Å². The summed E-state index contributed by atoms with van der Waals surface area (Å²) in [6.07, 6.45) is 4.24. The molecular weight excluding hydrogens is 387 g/mol. The highest BCUT2D eigenvalue weighted by atomic mass is 35.5. The van der Waals surface area contributed by atoms with Crippen LogP contribution in [-0.4, -0.2) is 29.1 Å². The molecule has 0 spiro atoms. The van der Waals surface area contributed by atoms with E-state index in [9.17, 15) is 4.79 Å². The van der Waals surface area contributed by atoms with E-state index in [4.69, 9.17) is 16.1 Å². The molecule has 1 aliphatic heterocycles. The lowest BCUT2D eigenvalue weighted by atomic mass is 9.97. The first kappa shape index (κ1) is 21.7. The molecule has 2 heterocycles. The third-order valence-corrected chi connectivity index (χ3v) is 4.93. The lowest BCUT2D eigenvalue weighted by Crippen LogP contribution is -2.41. The van der Waals surface area contributed by atoms with E-state index in [1.54, 1.807) is 24.3 Å². The van der Waals surface area contributed by atoms with Crippen LogP contribution in [-0.2, 0) is 12.0 Å². The predicted octanol–water partition coefficient (Wildman–Crippen LogP) is 3.74. The van der Waals surface area contributed by atoms with E-state index in [-0.39, 0.29) is 18.3 Å². The van der Waals surface area contributed by atoms with Crippen LogP contribution in [0, 0.1) is 5.92 Å². The van der Waals surface area contributed by atoms with Gasteiger partial charge in [0.2, 0.25) is 5.89 Å². The molecule has 6 nitrogen and oxygen atoms in total. The maximum Gasteiger partial charge on any atom is 0.252 e. The Morgan fingerprint density at radius 2 is 2.19 bits per heavy atom. The van der Waals surface area contributed by atoms with Gasteiger partial charge in [0.15, 0.2) is 5.82 Å². The minimum Gasteiger partial charge on any atom is -0.340 e. The number of halogens is 2. The van der Waals surface area contributed by atoms with Crippen molar-refractivity contribution in [3.8, 4) is 0 Å². The van der Waals surface area contributed by atoms with E-state index >= 15 is 0 Å². The summed E-state index contributed by atoms with van der Waals surface area (Å²) in [5.41, 5.74) is -0.244. The fourth-order valence-corrected chi connectivity index (χ4v) is 3.37. The number of hydrogen-bond donors (Lipinski definition) is 2. The van der Waals surface area contributed by atoms with Crippen LogP contribution >= 0.6 is 24.0 Å². The number of amides is 1. The summed E-state index contributed by atoms with van der Waals surface area (Å²) in [6, 6.07) is 6.84. The van der Waals surface area contributed by atoms with E-state index in [0.717, 1.165) is 25.9 Å². The van der Waals surface area contributed by atoms with Gasteiger partial charge in [0.25, 0.3) is 5.91 Å². The molecular formula is C19H26Cl2N4O2. The van der Waals surface area contributed by atoms with Gasteiger partial charge in [0, 0.05) is 17.0 Å². The molecule has 1 unspecified atom stereocenters. The van der Waals surface area contributed by atoms with Gasteiger partial charge in [0.05, 0.1) is 5.54 Å². The zero-order valence-corrected chi connectivity index (χ0v) is 17.2. The Morgan fingerprint density at radius 3 is 2.96 bits per heavy atom. The number of carbonyl (C=O) groups excluding carboxylic acids is 1. The maximum absolute atomic E-state index is 12.5. The van der Waals surface area contributed by atoms with Crippen molar-refractivity contribution in [3.63, 3.8) is 0 Å². The summed E-state index contributed by atoms with van der Waals surface area (Å²) in [7, 11) is 0. The van der Waals surface area contributed by atoms with E-state index in [1.165, 1.54) is 12.8 Å². The summed E-state index contributed by atoms with van der Waals surface area (Å²) < 4.78 is 5.45. The Bertz CT molecular complexity index is 756. The van der Waals surface area contributed by atoms with Gasteiger partial charge in [0.1, 0.15) is 0 Å². The Labute approximate surface area is 170 Å². The van der Waals surface area contributed by atoms with Gasteiger partial charge in [-0.2, -0.15) is 4.98 Å². The maximum atomic E-state index is 12.5. The smallest absolute Gasteiger partial charge is 0.252 e. The fourth-order valence-electron chi connectivity index (χ4n) is 3.18. The van der Waals surface area contributed by atoms with E-state index in [2.05, 4.69) is 20.8 Å². The van der Waals surface area contributed by atoms with Gasteiger partial charge in [-0.1, -0.05) is 22.8 Å². The summed E-state index contributed by atoms with van der Waals surface area (Å²) in [4.78, 5) is 17.0. The largest absolute Gasteiger partial charge is 0.340 e. The van der Waals surface area contributed by atoms with Gasteiger partial charge in [-0.3, -0.25) is 4.79 Å². The first-order chi connectivity index (χ1) is 12.4. The number of rotatable bonds is 5. The van der Waals surface area contributed by atoms with Crippen LogP contribution in [0.5, 0.6) is 0 Å². The molecule has 1 atom stereocenters.